The van der Waals surface area contributed by atoms with Gasteiger partial charge in [-0.15, -0.1) is 0 Å². The van der Waals surface area contributed by atoms with Gasteiger partial charge < -0.3 is 40.3 Å². The van der Waals surface area contributed by atoms with Crippen LogP contribution in [0.25, 0.3) is 0 Å². The number of hydrogen-bond donors (Lipinski definition) is 7. The summed E-state index contributed by atoms with van der Waals surface area (Å²) in [4.78, 5) is 39.4. The van der Waals surface area contributed by atoms with Crippen LogP contribution in [-0.4, -0.2) is 63.7 Å². The maximum absolute atomic E-state index is 12.0. The molecule has 1 aromatic heterocycles. The van der Waals surface area contributed by atoms with E-state index in [1.165, 1.54) is 0 Å². The van der Waals surface area contributed by atoms with Crippen molar-refractivity contribution in [1.29, 1.82) is 0 Å². The van der Waals surface area contributed by atoms with Crippen LogP contribution in [0.4, 0.5) is 5.82 Å². The highest BCUT2D eigenvalue weighted by Gasteiger charge is 2.54. The summed E-state index contributed by atoms with van der Waals surface area (Å²) in [5.41, 5.74) is 3.08. The molecule has 1 aliphatic rings. The lowest BCUT2D eigenvalue weighted by molar-refractivity contribution is -0.0977. The number of hydrogen-bond acceptors (Lipinski definition) is 12. The van der Waals surface area contributed by atoms with Gasteiger partial charge in [0.25, 0.3) is 0 Å². The maximum Gasteiger partial charge on any atom is 0.490 e. The fourth-order valence-corrected chi connectivity index (χ4v) is 5.33. The van der Waals surface area contributed by atoms with Crippen molar-refractivity contribution in [3.63, 3.8) is 0 Å². The summed E-state index contributed by atoms with van der Waals surface area (Å²) in [6, 6.07) is -0.378. The predicted octanol–water partition coefficient (Wildman–Crippen LogP) is -0.453. The lowest BCUT2D eigenvalue weighted by Crippen LogP contribution is -2.44. The Morgan fingerprint density at radius 2 is 1.97 bits per heavy atom. The molecule has 6 atom stereocenters. The largest absolute Gasteiger partial charge is 0.490 e. The molecule has 1 aromatic rings. The minimum atomic E-state index is -5.97. The van der Waals surface area contributed by atoms with Crippen molar-refractivity contribution in [2.45, 2.75) is 31.0 Å². The quantitative estimate of drug-likeness (QED) is 0.170. The van der Waals surface area contributed by atoms with Crippen molar-refractivity contribution >= 4 is 41.5 Å². The van der Waals surface area contributed by atoms with Gasteiger partial charge >= 0.3 is 23.5 Å². The van der Waals surface area contributed by atoms with E-state index in [2.05, 4.69) is 18.1 Å². The van der Waals surface area contributed by atoms with E-state index in [0.29, 0.717) is 0 Å². The molecule has 0 aliphatic carbocycles. The highest BCUT2D eigenvalue weighted by atomic mass is 32.1. The molecule has 0 spiro atoms. The van der Waals surface area contributed by atoms with Crippen LogP contribution in [0, 0.1) is 4.77 Å². The Hall–Kier alpha value is -0.610. The summed E-state index contributed by atoms with van der Waals surface area (Å²) in [5, 5.41) is 21.1. The van der Waals surface area contributed by atoms with Gasteiger partial charge in [0.1, 0.15) is 23.6 Å². The number of aliphatic hydroxyl groups excluding tert-OH is 1. The first kappa shape index (κ1) is 21.2. The lowest BCUT2D eigenvalue weighted by Gasteiger charge is -2.28. The van der Waals surface area contributed by atoms with Gasteiger partial charge in [0.15, 0.2) is 6.23 Å². The number of aliphatic hydroxyl groups is 2. The van der Waals surface area contributed by atoms with Gasteiger partial charge in [-0.05, 0) is 25.2 Å². The summed E-state index contributed by atoms with van der Waals surface area (Å²) in [7, 11) is -17.6. The Labute approximate surface area is 177 Å². The second-order valence-electron chi connectivity index (χ2n) is 5.84. The minimum Gasteiger partial charge on any atom is -0.387 e. The Bertz CT molecular complexity index is 1130. The molecular formula is C10H18N3O13P3S. The first-order valence-corrected chi connectivity index (χ1v) is 12.3. The molecule has 3 unspecified atom stereocenters. The number of phosphoric acid groups is 3. The molecule has 0 bridgehead atoms. The second kappa shape index (κ2) is 8.73. The van der Waals surface area contributed by atoms with E-state index >= 15 is 0 Å². The maximum atomic E-state index is 12.0. The van der Waals surface area contributed by atoms with E-state index in [0.717, 1.165) is 17.7 Å². The Balaban J connectivity index is 2.33. The molecule has 0 saturated carbocycles. The van der Waals surface area contributed by atoms with E-state index < -0.39 is 54.1 Å². The van der Waals surface area contributed by atoms with Gasteiger partial charge in [-0.2, -0.15) is 8.62 Å². The van der Waals surface area contributed by atoms with Gasteiger partial charge in [-0.3, -0.25) is 9.09 Å². The van der Waals surface area contributed by atoms with Crippen LogP contribution in [0.2, 0.25) is 0 Å². The molecule has 2 heterocycles. The number of aromatic nitrogens is 2. The number of rotatable bonds is 8. The third kappa shape index (κ3) is 6.45. The number of anilines is 1. The molecular weight excluding hydrogens is 495 g/mol. The van der Waals surface area contributed by atoms with Crippen LogP contribution in [-0.2, 0) is 31.6 Å². The molecule has 0 amide bonds. The zero-order valence-corrected chi connectivity index (χ0v) is 18.1. The van der Waals surface area contributed by atoms with Gasteiger partial charge in [0.05, 0.1) is 10.7 Å². The standard InChI is InChI=1S/C10H18N3O13P3S/c1-10(15)7(14)5(24-8(10)13-3-2-6(11)12-9(13)30)4-23-28(19,20)26-29(21,22)25-27(16,17)18/h2-3,5,7-8,14-15H,4H2,1H3,(H,19,20)(H,21,22)(H2,11,12,30)(H2,16,17,18)/t5-,7+,8-,10?/m1/s1/i2D,4D2. The zero-order chi connectivity index (χ0) is 25.8. The Kier molecular flexibility index (Phi) is 6.18. The third-order valence-electron chi connectivity index (χ3n) is 3.40. The van der Waals surface area contributed by atoms with Crippen molar-refractivity contribution in [2.75, 3.05) is 12.3 Å². The SMILES string of the molecule is [2H]c1cn([C@@H]2O[C@H](C([2H])([2H])OP(=O)(O)OP(=O)(O)OP(=O)(O)O)[C@H](O)C2(C)O)c(=S)nc1N. The van der Waals surface area contributed by atoms with Crippen molar-refractivity contribution in [2.24, 2.45) is 0 Å². The zero-order valence-electron chi connectivity index (χ0n) is 17.6. The summed E-state index contributed by atoms with van der Waals surface area (Å²) >= 11 is 4.95. The predicted molar refractivity (Wildman–Crippen MR) is 97.8 cm³/mol. The number of nitrogens with zero attached hydrogens (tertiary/aromatic N) is 2. The molecule has 20 heteroatoms. The normalized spacial score (nSPS) is 33.2. The topological polar surface area (TPSA) is 253 Å². The summed E-state index contributed by atoms with van der Waals surface area (Å²) in [5.74, 6) is -0.283. The molecule has 30 heavy (non-hydrogen) atoms. The van der Waals surface area contributed by atoms with Crippen LogP contribution < -0.4 is 5.73 Å². The number of nitrogens with two attached hydrogens (primary N) is 1. The fourth-order valence-electron chi connectivity index (χ4n) is 2.21. The van der Waals surface area contributed by atoms with Gasteiger partial charge in [0.2, 0.25) is 4.77 Å². The summed E-state index contributed by atoms with van der Waals surface area (Å²) < 4.78 is 74.2. The van der Waals surface area contributed by atoms with Crippen molar-refractivity contribution in [1.82, 2.24) is 9.55 Å². The monoisotopic (exact) mass is 516 g/mol. The average molecular weight is 516 g/mol. The van der Waals surface area contributed by atoms with E-state index in [4.69, 9.17) is 41.5 Å². The molecule has 0 aromatic carbocycles. The molecule has 0 radical (unpaired) electrons. The molecule has 172 valence electrons. The van der Waals surface area contributed by atoms with Crippen molar-refractivity contribution in [3.8, 4) is 0 Å². The van der Waals surface area contributed by atoms with E-state index in [-0.39, 0.29) is 16.6 Å². The van der Waals surface area contributed by atoms with Crippen LogP contribution in [0.5, 0.6) is 0 Å². The van der Waals surface area contributed by atoms with E-state index in [9.17, 15) is 28.8 Å². The lowest BCUT2D eigenvalue weighted by atomic mass is 9.96. The highest BCUT2D eigenvalue weighted by molar-refractivity contribution is 7.71. The smallest absolute Gasteiger partial charge is 0.387 e. The van der Waals surface area contributed by atoms with Crippen LogP contribution >= 0.6 is 35.7 Å². The van der Waals surface area contributed by atoms with Crippen molar-refractivity contribution < 1.29 is 65.5 Å². The molecule has 1 aliphatic heterocycles. The highest BCUT2D eigenvalue weighted by Crippen LogP contribution is 2.66. The number of ether oxygens (including phenoxy) is 1. The van der Waals surface area contributed by atoms with Crippen molar-refractivity contribution in [3.05, 3.63) is 17.0 Å². The summed E-state index contributed by atoms with van der Waals surface area (Å²) in [6.45, 7) is -2.59. The van der Waals surface area contributed by atoms with Crippen LogP contribution in [0.1, 0.15) is 17.3 Å². The Morgan fingerprint density at radius 3 is 2.53 bits per heavy atom. The van der Waals surface area contributed by atoms with Gasteiger partial charge in [-0.1, -0.05) is 0 Å². The molecule has 2 rings (SSSR count). The Morgan fingerprint density at radius 1 is 1.37 bits per heavy atom. The minimum absolute atomic E-state index is 0.283. The number of phosphoric ester groups is 1. The molecule has 1 fully saturated rings. The summed E-state index contributed by atoms with van der Waals surface area (Å²) in [6.07, 6.45) is -5.28. The first-order valence-electron chi connectivity index (χ1n) is 8.84. The fraction of sp³-hybridized carbons (Fsp3) is 0.600. The van der Waals surface area contributed by atoms with E-state index in [1.807, 2.05) is 0 Å². The molecule has 1 saturated heterocycles. The van der Waals surface area contributed by atoms with Crippen LogP contribution in [0.3, 0.4) is 0 Å². The van der Waals surface area contributed by atoms with E-state index in [1.54, 1.807) is 0 Å². The third-order valence-corrected chi connectivity index (χ3v) is 7.37. The van der Waals surface area contributed by atoms with Gasteiger partial charge in [0, 0.05) is 6.20 Å². The average Bonchev–Trinajstić information content (AvgIpc) is 2.77. The second-order valence-corrected chi connectivity index (χ2v) is 10.5. The molecule has 16 nitrogen and oxygen atoms in total. The van der Waals surface area contributed by atoms with Crippen LogP contribution in [0.15, 0.2) is 12.2 Å². The molecule has 8 N–H and O–H groups in total. The number of nitrogen functional groups attached to an aromatic ring is 1. The van der Waals surface area contributed by atoms with Gasteiger partial charge in [-0.25, -0.2) is 18.7 Å². The first-order chi connectivity index (χ1) is 14.6.